The van der Waals surface area contributed by atoms with E-state index in [1.165, 1.54) is 6.07 Å². The van der Waals surface area contributed by atoms with Gasteiger partial charge in [0.15, 0.2) is 11.6 Å². The van der Waals surface area contributed by atoms with Gasteiger partial charge >= 0.3 is 0 Å². The van der Waals surface area contributed by atoms with Gasteiger partial charge in [-0.15, -0.1) is 0 Å². The highest BCUT2D eigenvalue weighted by Gasteiger charge is 2.24. The minimum absolute atomic E-state index is 0.128. The fourth-order valence-electron chi connectivity index (χ4n) is 2.19. The van der Waals surface area contributed by atoms with E-state index in [9.17, 15) is 18.4 Å². The molecule has 0 spiro atoms. The molecule has 1 fully saturated rings. The average molecular weight is 267 g/mol. The van der Waals surface area contributed by atoms with Crippen molar-refractivity contribution in [2.24, 2.45) is 5.92 Å². The number of hydrogen-bond acceptors (Lipinski definition) is 2. The number of amides is 1. The van der Waals surface area contributed by atoms with Gasteiger partial charge < -0.3 is 5.32 Å². The van der Waals surface area contributed by atoms with E-state index >= 15 is 0 Å². The zero-order valence-electron chi connectivity index (χ0n) is 10.4. The predicted molar refractivity (Wildman–Crippen MR) is 65.2 cm³/mol. The Kier molecular flexibility index (Phi) is 4.24. The molecule has 0 heterocycles. The van der Waals surface area contributed by atoms with Crippen LogP contribution in [0.1, 0.15) is 31.2 Å². The Balaban J connectivity index is 1.86. The van der Waals surface area contributed by atoms with Crippen LogP contribution < -0.4 is 5.32 Å². The smallest absolute Gasteiger partial charge is 0.223 e. The van der Waals surface area contributed by atoms with E-state index in [0.717, 1.165) is 12.1 Å². The number of Topliss-reactive ketones (excluding diaryl/α,β-unsaturated/α-hetero) is 1. The van der Waals surface area contributed by atoms with Crippen LogP contribution in [0.5, 0.6) is 0 Å². The summed E-state index contributed by atoms with van der Waals surface area (Å²) in [5.41, 5.74) is 0.513. The molecule has 1 aromatic rings. The van der Waals surface area contributed by atoms with E-state index in [2.05, 4.69) is 5.32 Å². The van der Waals surface area contributed by atoms with Crippen LogP contribution in [0.4, 0.5) is 8.78 Å². The molecule has 1 N–H and O–H groups in total. The van der Waals surface area contributed by atoms with E-state index in [1.807, 2.05) is 0 Å². The van der Waals surface area contributed by atoms with Gasteiger partial charge in [-0.2, -0.15) is 0 Å². The molecular weight excluding hydrogens is 252 g/mol. The lowest BCUT2D eigenvalue weighted by atomic mass is 9.88. The summed E-state index contributed by atoms with van der Waals surface area (Å²) in [6, 6.07) is 3.54. The van der Waals surface area contributed by atoms with E-state index in [-0.39, 0.29) is 24.2 Å². The Morgan fingerprint density at radius 3 is 2.53 bits per heavy atom. The van der Waals surface area contributed by atoms with Gasteiger partial charge in [0, 0.05) is 25.3 Å². The largest absolute Gasteiger partial charge is 0.352 e. The molecule has 0 saturated heterocycles. The molecule has 0 atom stereocenters. The molecule has 0 aliphatic heterocycles. The van der Waals surface area contributed by atoms with Crippen LogP contribution in [0.3, 0.4) is 0 Å². The van der Waals surface area contributed by atoms with E-state index in [4.69, 9.17) is 0 Å². The molecule has 3 nitrogen and oxygen atoms in total. The first-order chi connectivity index (χ1) is 9.06. The molecule has 1 aliphatic rings. The van der Waals surface area contributed by atoms with Gasteiger partial charge in [0.25, 0.3) is 0 Å². The monoisotopic (exact) mass is 267 g/mol. The fourth-order valence-corrected chi connectivity index (χ4v) is 2.19. The SMILES string of the molecule is O=C1CCC(C(=O)NCc2ccc(F)c(F)c2)CC1. The molecule has 19 heavy (non-hydrogen) atoms. The van der Waals surface area contributed by atoms with Crippen molar-refractivity contribution in [3.05, 3.63) is 35.4 Å². The summed E-state index contributed by atoms with van der Waals surface area (Å²) >= 11 is 0. The number of benzene rings is 1. The van der Waals surface area contributed by atoms with Crippen LogP contribution in [0, 0.1) is 17.6 Å². The Labute approximate surface area is 110 Å². The molecular formula is C14H15F2NO2. The summed E-state index contributed by atoms with van der Waals surface area (Å²) in [5.74, 6) is -1.90. The summed E-state index contributed by atoms with van der Waals surface area (Å²) < 4.78 is 25.7. The van der Waals surface area contributed by atoms with Crippen molar-refractivity contribution < 1.29 is 18.4 Å². The summed E-state index contributed by atoms with van der Waals surface area (Å²) in [5, 5.41) is 2.69. The third kappa shape index (κ3) is 3.59. The lowest BCUT2D eigenvalue weighted by Crippen LogP contribution is -2.32. The van der Waals surface area contributed by atoms with Crippen molar-refractivity contribution in [1.82, 2.24) is 5.32 Å². The Morgan fingerprint density at radius 1 is 1.21 bits per heavy atom. The van der Waals surface area contributed by atoms with Gasteiger partial charge in [0.2, 0.25) is 5.91 Å². The molecule has 0 unspecified atom stereocenters. The highest BCUT2D eigenvalue weighted by molar-refractivity contribution is 5.84. The maximum atomic E-state index is 13.0. The minimum atomic E-state index is -0.921. The molecule has 1 aliphatic carbocycles. The quantitative estimate of drug-likeness (QED) is 0.913. The third-order valence-corrected chi connectivity index (χ3v) is 3.36. The van der Waals surface area contributed by atoms with Crippen LogP contribution in [0.2, 0.25) is 0 Å². The van der Waals surface area contributed by atoms with Crippen LogP contribution in [-0.2, 0) is 16.1 Å². The number of hydrogen-bond donors (Lipinski definition) is 1. The van der Waals surface area contributed by atoms with E-state index in [1.54, 1.807) is 0 Å². The molecule has 0 aromatic heterocycles. The molecule has 5 heteroatoms. The fraction of sp³-hybridized carbons (Fsp3) is 0.429. The van der Waals surface area contributed by atoms with E-state index in [0.29, 0.717) is 31.2 Å². The molecule has 102 valence electrons. The second kappa shape index (κ2) is 5.91. The van der Waals surface area contributed by atoms with Gasteiger partial charge in [0.1, 0.15) is 5.78 Å². The normalized spacial score (nSPS) is 16.4. The topological polar surface area (TPSA) is 46.2 Å². The highest BCUT2D eigenvalue weighted by Crippen LogP contribution is 2.21. The highest BCUT2D eigenvalue weighted by atomic mass is 19.2. The minimum Gasteiger partial charge on any atom is -0.352 e. The third-order valence-electron chi connectivity index (χ3n) is 3.36. The molecule has 0 bridgehead atoms. The zero-order valence-corrected chi connectivity index (χ0v) is 10.4. The van der Waals surface area contributed by atoms with E-state index < -0.39 is 11.6 Å². The van der Waals surface area contributed by atoms with Crippen molar-refractivity contribution >= 4 is 11.7 Å². The lowest BCUT2D eigenvalue weighted by molar-refractivity contribution is -0.128. The second-order valence-corrected chi connectivity index (χ2v) is 4.78. The Bertz CT molecular complexity index is 492. The first-order valence-electron chi connectivity index (χ1n) is 6.29. The van der Waals surface area contributed by atoms with Gasteiger partial charge in [-0.3, -0.25) is 9.59 Å². The number of carbonyl (C=O) groups is 2. The lowest BCUT2D eigenvalue weighted by Gasteiger charge is -2.20. The maximum absolute atomic E-state index is 13.0. The van der Waals surface area contributed by atoms with Gasteiger partial charge in [-0.05, 0) is 30.5 Å². The number of nitrogens with one attached hydrogen (secondary N) is 1. The molecule has 1 amide bonds. The molecule has 2 rings (SSSR count). The number of halogens is 2. The Morgan fingerprint density at radius 2 is 1.89 bits per heavy atom. The number of ketones is 1. The average Bonchev–Trinajstić information content (AvgIpc) is 2.40. The Hall–Kier alpha value is -1.78. The summed E-state index contributed by atoms with van der Waals surface area (Å²) in [6.07, 6.45) is 2.04. The van der Waals surface area contributed by atoms with Crippen LogP contribution in [-0.4, -0.2) is 11.7 Å². The summed E-state index contributed by atoms with van der Waals surface area (Å²) in [4.78, 5) is 22.9. The first kappa shape index (κ1) is 13.6. The summed E-state index contributed by atoms with van der Waals surface area (Å²) in [7, 11) is 0. The van der Waals surface area contributed by atoms with Gasteiger partial charge in [-0.1, -0.05) is 6.07 Å². The zero-order chi connectivity index (χ0) is 13.8. The second-order valence-electron chi connectivity index (χ2n) is 4.78. The first-order valence-corrected chi connectivity index (χ1v) is 6.29. The van der Waals surface area contributed by atoms with Crippen molar-refractivity contribution in [2.45, 2.75) is 32.2 Å². The number of rotatable bonds is 3. The predicted octanol–water partition coefficient (Wildman–Crippen LogP) is 2.34. The van der Waals surface area contributed by atoms with Crippen LogP contribution in [0.25, 0.3) is 0 Å². The van der Waals surface area contributed by atoms with Crippen molar-refractivity contribution in [2.75, 3.05) is 0 Å². The van der Waals surface area contributed by atoms with Gasteiger partial charge in [0.05, 0.1) is 0 Å². The standard InChI is InChI=1S/C14H15F2NO2/c15-12-6-1-9(7-13(12)16)8-17-14(19)10-2-4-11(18)5-3-10/h1,6-7,10H,2-5,8H2,(H,17,19). The van der Waals surface area contributed by atoms with Crippen LogP contribution >= 0.6 is 0 Å². The molecule has 1 saturated carbocycles. The molecule has 0 radical (unpaired) electrons. The number of carbonyl (C=O) groups excluding carboxylic acids is 2. The molecule has 1 aromatic carbocycles. The van der Waals surface area contributed by atoms with Crippen molar-refractivity contribution in [3.63, 3.8) is 0 Å². The van der Waals surface area contributed by atoms with Crippen LogP contribution in [0.15, 0.2) is 18.2 Å². The summed E-state index contributed by atoms with van der Waals surface area (Å²) in [6.45, 7) is 0.167. The van der Waals surface area contributed by atoms with Crippen molar-refractivity contribution in [3.8, 4) is 0 Å². The van der Waals surface area contributed by atoms with Gasteiger partial charge in [-0.25, -0.2) is 8.78 Å². The van der Waals surface area contributed by atoms with Crippen molar-refractivity contribution in [1.29, 1.82) is 0 Å². The maximum Gasteiger partial charge on any atom is 0.223 e.